The number of benzene rings is 1. The first-order valence-electron chi connectivity index (χ1n) is 9.57. The van der Waals surface area contributed by atoms with Crippen LogP contribution in [0.1, 0.15) is 63.9 Å². The van der Waals surface area contributed by atoms with Crippen molar-refractivity contribution in [2.45, 2.75) is 71.3 Å². The normalized spacial score (nSPS) is 20.8. The molecular formula is C21H28F4O. The molecule has 26 heavy (non-hydrogen) atoms. The molecule has 0 saturated heterocycles. The Labute approximate surface area is 153 Å². The van der Waals surface area contributed by atoms with Crippen LogP contribution in [0.15, 0.2) is 24.3 Å². The maximum absolute atomic E-state index is 13.8. The Morgan fingerprint density at radius 1 is 1.04 bits per heavy atom. The summed E-state index contributed by atoms with van der Waals surface area (Å²) in [4.78, 5) is 0. The van der Waals surface area contributed by atoms with Gasteiger partial charge in [0.1, 0.15) is 0 Å². The summed E-state index contributed by atoms with van der Waals surface area (Å²) in [5.41, 5.74) is 0.492. The number of hydrogen-bond donors (Lipinski definition) is 0. The lowest BCUT2D eigenvalue weighted by Gasteiger charge is -2.28. The van der Waals surface area contributed by atoms with Crippen LogP contribution in [0.3, 0.4) is 0 Å². The lowest BCUT2D eigenvalue weighted by molar-refractivity contribution is -0.0546. The van der Waals surface area contributed by atoms with E-state index in [-0.39, 0.29) is 0 Å². The summed E-state index contributed by atoms with van der Waals surface area (Å²) in [6.45, 7) is -1.07. The molecule has 1 fully saturated rings. The average molecular weight is 372 g/mol. The van der Waals surface area contributed by atoms with Crippen LogP contribution in [0.5, 0.6) is 5.75 Å². The van der Waals surface area contributed by atoms with Crippen molar-refractivity contribution in [2.75, 3.05) is 0 Å². The zero-order valence-corrected chi connectivity index (χ0v) is 15.3. The molecular weight excluding hydrogens is 344 g/mol. The van der Waals surface area contributed by atoms with E-state index in [0.29, 0.717) is 17.9 Å². The average Bonchev–Trinajstić information content (AvgIpc) is 2.61. The van der Waals surface area contributed by atoms with Crippen molar-refractivity contribution in [1.29, 1.82) is 0 Å². The van der Waals surface area contributed by atoms with Gasteiger partial charge in [-0.05, 0) is 68.1 Å². The molecule has 1 aliphatic rings. The van der Waals surface area contributed by atoms with Gasteiger partial charge in [-0.2, -0.15) is 8.78 Å². The molecule has 0 atom stereocenters. The van der Waals surface area contributed by atoms with Gasteiger partial charge >= 0.3 is 6.61 Å². The summed E-state index contributed by atoms with van der Waals surface area (Å²) in [6, 6.07) is 2.20. The van der Waals surface area contributed by atoms with E-state index in [0.717, 1.165) is 50.2 Å². The van der Waals surface area contributed by atoms with Crippen LogP contribution < -0.4 is 4.74 Å². The van der Waals surface area contributed by atoms with Gasteiger partial charge in [0.15, 0.2) is 17.4 Å². The van der Waals surface area contributed by atoms with Gasteiger partial charge in [-0.25, -0.2) is 8.78 Å². The van der Waals surface area contributed by atoms with E-state index in [1.54, 1.807) is 0 Å². The Morgan fingerprint density at radius 3 is 2.23 bits per heavy atom. The largest absolute Gasteiger partial charge is 0.429 e. The molecule has 0 heterocycles. The first kappa shape index (κ1) is 20.8. The molecule has 0 N–H and O–H groups in total. The molecule has 5 heteroatoms. The van der Waals surface area contributed by atoms with Gasteiger partial charge in [0.2, 0.25) is 0 Å². The summed E-state index contributed by atoms with van der Waals surface area (Å²) in [5, 5.41) is 0. The third-order valence-corrected chi connectivity index (χ3v) is 5.16. The second kappa shape index (κ2) is 10.6. The molecule has 1 aromatic rings. The van der Waals surface area contributed by atoms with E-state index in [9.17, 15) is 17.6 Å². The van der Waals surface area contributed by atoms with E-state index in [1.165, 1.54) is 19.3 Å². The van der Waals surface area contributed by atoms with Crippen molar-refractivity contribution in [3.63, 3.8) is 0 Å². The Hall–Kier alpha value is -1.52. The van der Waals surface area contributed by atoms with Gasteiger partial charge in [0.25, 0.3) is 0 Å². The Balaban J connectivity index is 1.78. The first-order valence-corrected chi connectivity index (χ1v) is 9.57. The van der Waals surface area contributed by atoms with Crippen molar-refractivity contribution < 1.29 is 22.3 Å². The van der Waals surface area contributed by atoms with E-state index in [4.69, 9.17) is 0 Å². The molecule has 1 saturated carbocycles. The number of halogens is 4. The minimum Gasteiger partial charge on any atom is -0.429 e. The summed E-state index contributed by atoms with van der Waals surface area (Å²) in [7, 11) is 0. The molecule has 0 spiro atoms. The van der Waals surface area contributed by atoms with Gasteiger partial charge in [-0.1, -0.05) is 38.3 Å². The number of ether oxygens (including phenoxy) is 1. The van der Waals surface area contributed by atoms with Crippen LogP contribution in [0, 0.1) is 23.5 Å². The van der Waals surface area contributed by atoms with Crippen LogP contribution in [-0.4, -0.2) is 6.61 Å². The fraction of sp³-hybridized carbons (Fsp3) is 0.619. The maximum atomic E-state index is 13.8. The smallest absolute Gasteiger partial charge is 0.387 e. The maximum Gasteiger partial charge on any atom is 0.387 e. The number of rotatable bonds is 9. The number of alkyl halides is 2. The minimum atomic E-state index is -3.24. The third kappa shape index (κ3) is 6.65. The fourth-order valence-corrected chi connectivity index (χ4v) is 3.66. The fourth-order valence-electron chi connectivity index (χ4n) is 3.66. The highest BCUT2D eigenvalue weighted by Crippen LogP contribution is 2.34. The lowest BCUT2D eigenvalue weighted by atomic mass is 9.78. The molecule has 0 aliphatic heterocycles. The highest BCUT2D eigenvalue weighted by atomic mass is 19.3. The monoisotopic (exact) mass is 372 g/mol. The van der Waals surface area contributed by atoms with Crippen molar-refractivity contribution in [3.05, 3.63) is 41.5 Å². The summed E-state index contributed by atoms with van der Waals surface area (Å²) < 4.78 is 55.7. The van der Waals surface area contributed by atoms with Gasteiger partial charge in [0, 0.05) is 0 Å². The number of unbranched alkanes of at least 4 members (excludes halogenated alkanes) is 1. The Morgan fingerprint density at radius 2 is 1.65 bits per heavy atom. The molecule has 1 nitrogen and oxygen atoms in total. The zero-order chi connectivity index (χ0) is 18.9. The lowest BCUT2D eigenvalue weighted by Crippen LogP contribution is -2.15. The molecule has 2 rings (SSSR count). The number of allylic oxidation sites excluding steroid dienone is 2. The predicted octanol–water partition coefficient (Wildman–Crippen LogP) is 7.05. The van der Waals surface area contributed by atoms with Crippen LogP contribution in [-0.2, 0) is 6.42 Å². The SMILES string of the molecule is CCC/C=C/CC1CCC(CCc2cc(F)c(OC(F)F)c(F)c2)CC1. The summed E-state index contributed by atoms with van der Waals surface area (Å²) in [6.07, 6.45) is 14.1. The molecule has 0 bridgehead atoms. The van der Waals surface area contributed by atoms with Gasteiger partial charge in [-0.3, -0.25) is 0 Å². The molecule has 0 amide bonds. The predicted molar refractivity (Wildman–Crippen MR) is 95.4 cm³/mol. The quantitative estimate of drug-likeness (QED) is 0.333. The molecule has 146 valence electrons. The topological polar surface area (TPSA) is 9.23 Å². The summed E-state index contributed by atoms with van der Waals surface area (Å²) >= 11 is 0. The van der Waals surface area contributed by atoms with Crippen LogP contribution in [0.2, 0.25) is 0 Å². The van der Waals surface area contributed by atoms with E-state index in [2.05, 4.69) is 23.8 Å². The van der Waals surface area contributed by atoms with Crippen LogP contribution >= 0.6 is 0 Å². The molecule has 0 aromatic heterocycles. The van der Waals surface area contributed by atoms with E-state index in [1.807, 2.05) is 0 Å². The van der Waals surface area contributed by atoms with Crippen molar-refractivity contribution in [1.82, 2.24) is 0 Å². The minimum absolute atomic E-state index is 0.492. The second-order valence-corrected chi connectivity index (χ2v) is 7.19. The van der Waals surface area contributed by atoms with E-state index < -0.39 is 24.0 Å². The Kier molecular flexibility index (Phi) is 8.46. The molecule has 1 aromatic carbocycles. The third-order valence-electron chi connectivity index (χ3n) is 5.16. The molecule has 0 unspecified atom stereocenters. The first-order chi connectivity index (χ1) is 12.5. The summed E-state index contributed by atoms with van der Waals surface area (Å²) in [5.74, 6) is -1.82. The van der Waals surface area contributed by atoms with Crippen LogP contribution in [0.25, 0.3) is 0 Å². The highest BCUT2D eigenvalue weighted by Gasteiger charge is 2.21. The molecule has 0 radical (unpaired) electrons. The van der Waals surface area contributed by atoms with Crippen molar-refractivity contribution >= 4 is 0 Å². The second-order valence-electron chi connectivity index (χ2n) is 7.19. The standard InChI is InChI=1S/C21H28F4O/c1-2-3-4-5-6-15-7-9-16(10-8-15)11-12-17-13-18(22)20(19(23)14-17)26-21(24)25/h4-5,13-16,21H,2-3,6-12H2,1H3/b5-4+. The highest BCUT2D eigenvalue weighted by molar-refractivity contribution is 5.31. The van der Waals surface area contributed by atoms with Crippen LogP contribution in [0.4, 0.5) is 17.6 Å². The van der Waals surface area contributed by atoms with Crippen molar-refractivity contribution in [2.24, 2.45) is 11.8 Å². The van der Waals surface area contributed by atoms with E-state index >= 15 is 0 Å². The van der Waals surface area contributed by atoms with Crippen molar-refractivity contribution in [3.8, 4) is 5.75 Å². The van der Waals surface area contributed by atoms with Gasteiger partial charge in [-0.15, -0.1) is 0 Å². The zero-order valence-electron chi connectivity index (χ0n) is 15.3. The van der Waals surface area contributed by atoms with Gasteiger partial charge < -0.3 is 4.74 Å². The molecule has 1 aliphatic carbocycles. The number of aryl methyl sites for hydroxylation is 1. The Bertz CT molecular complexity index is 554. The van der Waals surface area contributed by atoms with Gasteiger partial charge in [0.05, 0.1) is 0 Å². The number of hydrogen-bond acceptors (Lipinski definition) is 1.